The molecular formula is C20H30N4O. The molecule has 25 heavy (non-hydrogen) atoms. The molecule has 0 radical (unpaired) electrons. The quantitative estimate of drug-likeness (QED) is 0.841. The number of nitrogens with one attached hydrogen (secondary N) is 2. The summed E-state index contributed by atoms with van der Waals surface area (Å²) in [5, 5.41) is 10.6. The molecule has 1 atom stereocenters. The van der Waals surface area contributed by atoms with Crippen molar-refractivity contribution in [2.45, 2.75) is 46.3 Å². The van der Waals surface area contributed by atoms with Gasteiger partial charge in [-0.15, -0.1) is 0 Å². The van der Waals surface area contributed by atoms with E-state index in [1.807, 2.05) is 12.4 Å². The van der Waals surface area contributed by atoms with E-state index < -0.39 is 0 Å². The Balaban J connectivity index is 1.84. The average molecular weight is 342 g/mol. The van der Waals surface area contributed by atoms with Crippen molar-refractivity contribution in [3.63, 3.8) is 0 Å². The molecular weight excluding hydrogens is 312 g/mol. The molecule has 5 nitrogen and oxygen atoms in total. The zero-order valence-electron chi connectivity index (χ0n) is 15.7. The van der Waals surface area contributed by atoms with Crippen molar-refractivity contribution in [1.82, 2.24) is 15.5 Å². The lowest BCUT2D eigenvalue weighted by Crippen LogP contribution is -2.51. The Kier molecular flexibility index (Phi) is 5.63. The summed E-state index contributed by atoms with van der Waals surface area (Å²) in [7, 11) is 0. The van der Waals surface area contributed by atoms with Crippen LogP contribution in [0, 0.1) is 5.92 Å². The van der Waals surface area contributed by atoms with Gasteiger partial charge in [-0.2, -0.15) is 5.10 Å². The highest BCUT2D eigenvalue weighted by molar-refractivity contribution is 5.73. The lowest BCUT2D eigenvalue weighted by atomic mass is 10.0. The first kappa shape index (κ1) is 17.8. The van der Waals surface area contributed by atoms with Crippen LogP contribution in [0.5, 0.6) is 5.75 Å². The maximum Gasteiger partial charge on any atom is 0.129 e. The molecule has 2 aromatic rings. The zero-order chi connectivity index (χ0) is 17.8. The van der Waals surface area contributed by atoms with Crippen molar-refractivity contribution < 1.29 is 4.74 Å². The lowest BCUT2D eigenvalue weighted by Gasteiger charge is -2.36. The maximum atomic E-state index is 6.11. The van der Waals surface area contributed by atoms with E-state index in [9.17, 15) is 0 Å². The van der Waals surface area contributed by atoms with E-state index >= 15 is 0 Å². The highest BCUT2D eigenvalue weighted by Gasteiger charge is 2.21. The van der Waals surface area contributed by atoms with Crippen LogP contribution in [0.4, 0.5) is 5.69 Å². The van der Waals surface area contributed by atoms with Gasteiger partial charge < -0.3 is 15.0 Å². The highest BCUT2D eigenvalue weighted by Crippen LogP contribution is 2.34. The van der Waals surface area contributed by atoms with E-state index in [0.29, 0.717) is 12.0 Å². The second kappa shape index (κ2) is 7.91. The number of benzene rings is 1. The fourth-order valence-corrected chi connectivity index (χ4v) is 3.48. The van der Waals surface area contributed by atoms with E-state index in [-0.39, 0.29) is 6.10 Å². The van der Waals surface area contributed by atoms with E-state index in [2.05, 4.69) is 66.3 Å². The number of anilines is 1. The minimum atomic E-state index is 0.137. The number of aromatic nitrogens is 2. The summed E-state index contributed by atoms with van der Waals surface area (Å²) in [6.45, 7) is 11.8. The fourth-order valence-electron chi connectivity index (χ4n) is 3.48. The summed E-state index contributed by atoms with van der Waals surface area (Å²) in [6.07, 6.45) is 5.09. The van der Waals surface area contributed by atoms with Gasteiger partial charge in [0.15, 0.2) is 0 Å². The molecule has 0 amide bonds. The van der Waals surface area contributed by atoms with E-state index in [1.165, 1.54) is 12.1 Å². The number of piperazine rings is 1. The first-order chi connectivity index (χ1) is 12.0. The van der Waals surface area contributed by atoms with E-state index in [0.717, 1.165) is 36.5 Å². The van der Waals surface area contributed by atoms with Gasteiger partial charge in [-0.3, -0.25) is 5.10 Å². The average Bonchev–Trinajstić information content (AvgIpc) is 3.08. The van der Waals surface area contributed by atoms with Crippen LogP contribution in [0.25, 0.3) is 11.1 Å². The summed E-state index contributed by atoms with van der Waals surface area (Å²) >= 11 is 0. The third-order valence-electron chi connectivity index (χ3n) is 4.51. The molecule has 1 aromatic heterocycles. The molecule has 1 aromatic carbocycles. The van der Waals surface area contributed by atoms with Crippen molar-refractivity contribution in [3.8, 4) is 16.9 Å². The van der Waals surface area contributed by atoms with Gasteiger partial charge in [0, 0.05) is 54.8 Å². The monoisotopic (exact) mass is 342 g/mol. The van der Waals surface area contributed by atoms with Gasteiger partial charge >= 0.3 is 0 Å². The normalized spacial score (nSPS) is 18.2. The summed E-state index contributed by atoms with van der Waals surface area (Å²) in [5.74, 6) is 1.63. The van der Waals surface area contributed by atoms with Gasteiger partial charge in [-0.1, -0.05) is 13.8 Å². The second-order valence-electron chi connectivity index (χ2n) is 7.56. The van der Waals surface area contributed by atoms with Crippen LogP contribution in [0.2, 0.25) is 0 Å². The maximum absolute atomic E-state index is 6.11. The van der Waals surface area contributed by atoms with Gasteiger partial charge in [0.25, 0.3) is 0 Å². The van der Waals surface area contributed by atoms with Gasteiger partial charge in [0.2, 0.25) is 0 Å². The Morgan fingerprint density at radius 3 is 2.80 bits per heavy atom. The Labute approximate surface area is 150 Å². The van der Waals surface area contributed by atoms with Crippen LogP contribution in [0.15, 0.2) is 30.6 Å². The largest absolute Gasteiger partial charge is 0.490 e. The van der Waals surface area contributed by atoms with Crippen molar-refractivity contribution in [2.75, 3.05) is 24.5 Å². The number of rotatable bonds is 6. The molecule has 0 saturated carbocycles. The number of ether oxygens (including phenoxy) is 1. The molecule has 0 bridgehead atoms. The number of hydrogen-bond donors (Lipinski definition) is 2. The second-order valence-corrected chi connectivity index (χ2v) is 7.56. The van der Waals surface area contributed by atoms with Crippen LogP contribution in [-0.2, 0) is 0 Å². The molecule has 3 rings (SSSR count). The molecule has 1 saturated heterocycles. The SMILES string of the molecule is CC(C)CC1CN(c2ccc(-c3cn[nH]c3)c(OC(C)C)c2)CCN1. The smallest absolute Gasteiger partial charge is 0.129 e. The first-order valence-electron chi connectivity index (χ1n) is 9.31. The predicted octanol–water partition coefficient (Wildman–Crippen LogP) is 3.69. The van der Waals surface area contributed by atoms with Crippen molar-refractivity contribution >= 4 is 5.69 Å². The third kappa shape index (κ3) is 4.54. The van der Waals surface area contributed by atoms with E-state index in [4.69, 9.17) is 4.74 Å². The minimum Gasteiger partial charge on any atom is -0.490 e. The molecule has 136 valence electrons. The van der Waals surface area contributed by atoms with Crippen LogP contribution in [0.1, 0.15) is 34.1 Å². The highest BCUT2D eigenvalue weighted by atomic mass is 16.5. The summed E-state index contributed by atoms with van der Waals surface area (Å²) in [6, 6.07) is 7.09. The fraction of sp³-hybridized carbons (Fsp3) is 0.550. The third-order valence-corrected chi connectivity index (χ3v) is 4.51. The van der Waals surface area contributed by atoms with Crippen LogP contribution < -0.4 is 15.0 Å². The molecule has 1 aliphatic heterocycles. The van der Waals surface area contributed by atoms with Gasteiger partial charge in [0.1, 0.15) is 5.75 Å². The molecule has 1 aliphatic rings. The molecule has 0 aliphatic carbocycles. The molecule has 1 unspecified atom stereocenters. The van der Waals surface area contributed by atoms with Crippen LogP contribution >= 0.6 is 0 Å². The van der Waals surface area contributed by atoms with Crippen molar-refractivity contribution in [1.29, 1.82) is 0 Å². The van der Waals surface area contributed by atoms with E-state index in [1.54, 1.807) is 0 Å². The number of hydrogen-bond acceptors (Lipinski definition) is 4. The number of H-pyrrole nitrogens is 1. The summed E-state index contributed by atoms with van der Waals surface area (Å²) in [5.41, 5.74) is 3.37. The number of aromatic amines is 1. The molecule has 2 N–H and O–H groups in total. The molecule has 5 heteroatoms. The molecule has 0 spiro atoms. The molecule has 1 fully saturated rings. The first-order valence-corrected chi connectivity index (χ1v) is 9.31. The zero-order valence-corrected chi connectivity index (χ0v) is 15.7. The van der Waals surface area contributed by atoms with Gasteiger partial charge in [-0.05, 0) is 38.3 Å². The lowest BCUT2D eigenvalue weighted by molar-refractivity contribution is 0.243. The van der Waals surface area contributed by atoms with Crippen molar-refractivity contribution in [2.24, 2.45) is 5.92 Å². The summed E-state index contributed by atoms with van der Waals surface area (Å²) in [4.78, 5) is 2.47. The Morgan fingerprint density at radius 1 is 1.28 bits per heavy atom. The van der Waals surface area contributed by atoms with Crippen LogP contribution in [-0.4, -0.2) is 42.0 Å². The van der Waals surface area contributed by atoms with Crippen LogP contribution in [0.3, 0.4) is 0 Å². The Hall–Kier alpha value is -2.01. The Bertz CT molecular complexity index is 666. The minimum absolute atomic E-state index is 0.137. The standard InChI is InChI=1S/C20H30N4O/c1-14(2)9-17-13-24(8-7-21-17)18-5-6-19(16-11-22-23-12-16)20(10-18)25-15(3)4/h5-6,10-12,14-15,17,21H,7-9,13H2,1-4H3,(H,22,23). The summed E-state index contributed by atoms with van der Waals surface area (Å²) < 4.78 is 6.11. The van der Waals surface area contributed by atoms with Crippen molar-refractivity contribution in [3.05, 3.63) is 30.6 Å². The number of nitrogens with zero attached hydrogens (tertiary/aromatic N) is 2. The van der Waals surface area contributed by atoms with Gasteiger partial charge in [-0.25, -0.2) is 0 Å². The Morgan fingerprint density at radius 2 is 2.12 bits per heavy atom. The molecule has 2 heterocycles. The topological polar surface area (TPSA) is 53.2 Å². The van der Waals surface area contributed by atoms with Gasteiger partial charge in [0.05, 0.1) is 12.3 Å². The predicted molar refractivity (Wildman–Crippen MR) is 103 cm³/mol.